The Morgan fingerprint density at radius 2 is 1.89 bits per heavy atom. The van der Waals surface area contributed by atoms with Gasteiger partial charge in [0.2, 0.25) is 0 Å². The molecule has 4 heteroatoms. The van der Waals surface area contributed by atoms with E-state index < -0.39 is 0 Å². The van der Waals surface area contributed by atoms with E-state index in [2.05, 4.69) is 5.10 Å². The van der Waals surface area contributed by atoms with Gasteiger partial charge in [-0.05, 0) is 18.6 Å². The minimum absolute atomic E-state index is 0.228. The summed E-state index contributed by atoms with van der Waals surface area (Å²) >= 11 is 6.31. The van der Waals surface area contributed by atoms with Crippen LogP contribution in [0.15, 0.2) is 24.3 Å². The first kappa shape index (κ1) is 13.8. The molecule has 0 fully saturated rings. The van der Waals surface area contributed by atoms with Gasteiger partial charge in [0.15, 0.2) is 6.29 Å². The Bertz CT molecular complexity index is 624. The van der Waals surface area contributed by atoms with Crippen LogP contribution in [0.4, 0.5) is 0 Å². The molecule has 2 rings (SSSR count). The van der Waals surface area contributed by atoms with Gasteiger partial charge in [-0.25, -0.2) is 4.68 Å². The third-order valence-corrected chi connectivity index (χ3v) is 3.40. The number of hydrogen-bond donors (Lipinski definition) is 0. The molecular weight excluding hydrogens is 260 g/mol. The fourth-order valence-electron chi connectivity index (χ4n) is 2.03. The fourth-order valence-corrected chi connectivity index (χ4v) is 2.29. The van der Waals surface area contributed by atoms with Crippen molar-refractivity contribution in [3.63, 3.8) is 0 Å². The summed E-state index contributed by atoms with van der Waals surface area (Å²) in [6, 6.07) is 7.82. The van der Waals surface area contributed by atoms with E-state index in [1.165, 1.54) is 0 Å². The van der Waals surface area contributed by atoms with Gasteiger partial charge in [0.25, 0.3) is 0 Å². The lowest BCUT2D eigenvalue weighted by Crippen LogP contribution is -2.14. The number of halogens is 1. The van der Waals surface area contributed by atoms with Crippen molar-refractivity contribution in [1.82, 2.24) is 9.78 Å². The molecule has 0 N–H and O–H groups in total. The van der Waals surface area contributed by atoms with Gasteiger partial charge in [0.1, 0.15) is 5.15 Å². The van der Waals surface area contributed by atoms with Crippen LogP contribution < -0.4 is 0 Å². The van der Waals surface area contributed by atoms with E-state index in [1.807, 2.05) is 52.0 Å². The largest absolute Gasteiger partial charge is 0.298 e. The zero-order valence-corrected chi connectivity index (χ0v) is 12.3. The number of para-hydroxylation sites is 1. The van der Waals surface area contributed by atoms with E-state index in [-0.39, 0.29) is 5.41 Å². The molecule has 0 aliphatic carbocycles. The van der Waals surface area contributed by atoms with Gasteiger partial charge in [-0.1, -0.05) is 50.6 Å². The van der Waals surface area contributed by atoms with Crippen LogP contribution in [-0.4, -0.2) is 16.1 Å². The molecule has 0 radical (unpaired) electrons. The highest BCUT2D eigenvalue weighted by Crippen LogP contribution is 2.31. The monoisotopic (exact) mass is 276 g/mol. The van der Waals surface area contributed by atoms with E-state index in [9.17, 15) is 4.79 Å². The van der Waals surface area contributed by atoms with E-state index in [4.69, 9.17) is 11.6 Å². The Labute approximate surface area is 118 Å². The minimum Gasteiger partial charge on any atom is -0.298 e. The summed E-state index contributed by atoms with van der Waals surface area (Å²) in [7, 11) is 0. The first-order valence-corrected chi connectivity index (χ1v) is 6.54. The molecule has 1 aromatic carbocycles. The van der Waals surface area contributed by atoms with Crippen molar-refractivity contribution >= 4 is 17.9 Å². The summed E-state index contributed by atoms with van der Waals surface area (Å²) in [6.07, 6.45) is 0.782. The van der Waals surface area contributed by atoms with Gasteiger partial charge in [-0.2, -0.15) is 5.10 Å². The number of hydrogen-bond acceptors (Lipinski definition) is 2. The second-order valence-corrected chi connectivity index (χ2v) is 5.98. The van der Waals surface area contributed by atoms with Crippen molar-refractivity contribution in [2.24, 2.45) is 0 Å². The Morgan fingerprint density at radius 3 is 2.37 bits per heavy atom. The Morgan fingerprint density at radius 1 is 1.26 bits per heavy atom. The molecule has 0 bridgehead atoms. The van der Waals surface area contributed by atoms with Gasteiger partial charge in [-0.15, -0.1) is 0 Å². The van der Waals surface area contributed by atoms with Crippen LogP contribution in [-0.2, 0) is 5.41 Å². The second kappa shape index (κ2) is 4.82. The summed E-state index contributed by atoms with van der Waals surface area (Å²) in [5.74, 6) is 0. The van der Waals surface area contributed by atoms with Crippen LogP contribution in [0.25, 0.3) is 5.69 Å². The number of aldehydes is 1. The summed E-state index contributed by atoms with van der Waals surface area (Å²) in [5.41, 5.74) is 2.91. The molecule has 0 atom stereocenters. The number of rotatable bonds is 2. The smallest absolute Gasteiger partial charge is 0.155 e. The highest BCUT2D eigenvalue weighted by Gasteiger charge is 2.26. The normalized spacial score (nSPS) is 11.6. The van der Waals surface area contributed by atoms with E-state index in [0.717, 1.165) is 23.2 Å². The first-order chi connectivity index (χ1) is 8.86. The van der Waals surface area contributed by atoms with Crippen LogP contribution in [0.5, 0.6) is 0 Å². The molecule has 1 heterocycles. The number of aromatic nitrogens is 2. The first-order valence-electron chi connectivity index (χ1n) is 6.16. The summed E-state index contributed by atoms with van der Waals surface area (Å²) in [5, 5.41) is 4.91. The standard InChI is InChI=1S/C15H17ClN2O/c1-10-7-5-6-8-12(10)18-14(16)11(9-19)13(17-18)15(2,3)4/h5-9H,1-4H3. The van der Waals surface area contributed by atoms with Crippen LogP contribution in [0, 0.1) is 6.92 Å². The Kier molecular flexibility index (Phi) is 3.50. The number of aryl methyl sites for hydroxylation is 1. The lowest BCUT2D eigenvalue weighted by atomic mass is 9.90. The van der Waals surface area contributed by atoms with Crippen molar-refractivity contribution in [2.75, 3.05) is 0 Å². The third kappa shape index (κ3) is 2.43. The van der Waals surface area contributed by atoms with E-state index >= 15 is 0 Å². The topological polar surface area (TPSA) is 34.9 Å². The van der Waals surface area contributed by atoms with Gasteiger partial charge in [-0.3, -0.25) is 4.79 Å². The zero-order valence-electron chi connectivity index (χ0n) is 11.6. The van der Waals surface area contributed by atoms with Crippen LogP contribution in [0.1, 0.15) is 42.4 Å². The third-order valence-electron chi connectivity index (χ3n) is 3.04. The molecule has 2 aromatic rings. The molecule has 0 saturated heterocycles. The number of carbonyl (C=O) groups excluding carboxylic acids is 1. The average Bonchev–Trinajstić information content (AvgIpc) is 2.67. The fraction of sp³-hybridized carbons (Fsp3) is 0.333. The molecular formula is C15H17ClN2O. The lowest BCUT2D eigenvalue weighted by Gasteiger charge is -2.15. The van der Waals surface area contributed by atoms with Crippen molar-refractivity contribution in [1.29, 1.82) is 0 Å². The van der Waals surface area contributed by atoms with Gasteiger partial charge < -0.3 is 0 Å². The Hall–Kier alpha value is -1.61. The van der Waals surface area contributed by atoms with Gasteiger partial charge >= 0.3 is 0 Å². The highest BCUT2D eigenvalue weighted by molar-refractivity contribution is 6.32. The predicted octanol–water partition coefficient (Wildman–Crippen LogP) is 3.94. The number of nitrogens with zero attached hydrogens (tertiary/aromatic N) is 2. The maximum atomic E-state index is 11.3. The molecule has 3 nitrogen and oxygen atoms in total. The molecule has 0 aliphatic rings. The molecule has 0 spiro atoms. The molecule has 0 saturated carbocycles. The van der Waals surface area contributed by atoms with Crippen LogP contribution in [0.2, 0.25) is 5.15 Å². The summed E-state index contributed by atoms with van der Waals surface area (Å²) < 4.78 is 1.64. The molecule has 0 unspecified atom stereocenters. The molecule has 1 aromatic heterocycles. The SMILES string of the molecule is Cc1ccccc1-n1nc(C(C)(C)C)c(C=O)c1Cl. The number of benzene rings is 1. The maximum Gasteiger partial charge on any atom is 0.155 e. The van der Waals surface area contributed by atoms with Crippen LogP contribution >= 0.6 is 11.6 Å². The van der Waals surface area contributed by atoms with E-state index in [0.29, 0.717) is 10.7 Å². The van der Waals surface area contributed by atoms with Crippen molar-refractivity contribution < 1.29 is 4.79 Å². The molecule has 100 valence electrons. The van der Waals surface area contributed by atoms with Gasteiger partial charge in [0.05, 0.1) is 16.9 Å². The van der Waals surface area contributed by atoms with Crippen molar-refractivity contribution in [2.45, 2.75) is 33.1 Å². The summed E-state index contributed by atoms with van der Waals surface area (Å²) in [6.45, 7) is 8.03. The minimum atomic E-state index is -0.228. The van der Waals surface area contributed by atoms with Crippen LogP contribution in [0.3, 0.4) is 0 Å². The Balaban J connectivity index is 2.71. The molecule has 0 aliphatic heterocycles. The molecule has 0 amide bonds. The van der Waals surface area contributed by atoms with Crippen molar-refractivity contribution in [3.05, 3.63) is 46.2 Å². The second-order valence-electron chi connectivity index (χ2n) is 5.62. The van der Waals surface area contributed by atoms with Crippen molar-refractivity contribution in [3.8, 4) is 5.69 Å². The average molecular weight is 277 g/mol. The summed E-state index contributed by atoms with van der Waals surface area (Å²) in [4.78, 5) is 11.3. The quantitative estimate of drug-likeness (QED) is 0.779. The van der Waals surface area contributed by atoms with Gasteiger partial charge in [0, 0.05) is 5.41 Å². The lowest BCUT2D eigenvalue weighted by molar-refractivity contribution is 0.112. The maximum absolute atomic E-state index is 11.3. The predicted molar refractivity (Wildman–Crippen MR) is 77.4 cm³/mol. The zero-order chi connectivity index (χ0) is 14.2. The highest BCUT2D eigenvalue weighted by atomic mass is 35.5. The van der Waals surface area contributed by atoms with E-state index in [1.54, 1.807) is 4.68 Å². The molecule has 19 heavy (non-hydrogen) atoms. The number of carbonyl (C=O) groups is 1.